The topological polar surface area (TPSA) is 94.0 Å². The van der Waals surface area contributed by atoms with Gasteiger partial charge in [0, 0.05) is 36.3 Å². The number of ketones is 1. The molecule has 2 heterocycles. The van der Waals surface area contributed by atoms with E-state index in [4.69, 9.17) is 4.74 Å². The molecule has 7 nitrogen and oxygen atoms in total. The van der Waals surface area contributed by atoms with Gasteiger partial charge in [-0.1, -0.05) is 18.2 Å². The Kier molecular flexibility index (Phi) is 6.61. The van der Waals surface area contributed by atoms with E-state index in [-0.39, 0.29) is 24.4 Å². The third-order valence-electron chi connectivity index (χ3n) is 5.01. The summed E-state index contributed by atoms with van der Waals surface area (Å²) in [7, 11) is 0. The number of aromatic nitrogens is 3. The van der Waals surface area contributed by atoms with Crippen molar-refractivity contribution in [2.45, 2.75) is 39.7 Å². The van der Waals surface area contributed by atoms with Crippen molar-refractivity contribution in [2.24, 2.45) is 0 Å². The summed E-state index contributed by atoms with van der Waals surface area (Å²) >= 11 is 0. The maximum atomic E-state index is 12.4. The second-order valence-corrected chi connectivity index (χ2v) is 7.15. The average molecular weight is 407 g/mol. The zero-order valence-electron chi connectivity index (χ0n) is 17.2. The number of carbonyl (C=O) groups excluding carboxylic acids is 2. The molecule has 156 valence electrons. The highest BCUT2D eigenvalue weighted by molar-refractivity contribution is 5.99. The molecule has 1 N–H and O–H groups in total. The number of fused-ring (bicyclic) bond motifs is 1. The molecular weight excluding hydrogens is 382 g/mol. The Morgan fingerprint density at radius 3 is 2.80 bits per heavy atom. The number of allylic oxidation sites excluding steroid dienone is 1. The van der Waals surface area contributed by atoms with E-state index in [0.717, 1.165) is 11.4 Å². The number of hydrogen-bond acceptors (Lipinski definition) is 5. The van der Waals surface area contributed by atoms with E-state index in [0.29, 0.717) is 41.7 Å². The maximum absolute atomic E-state index is 12.4. The van der Waals surface area contributed by atoms with E-state index >= 15 is 0 Å². The van der Waals surface area contributed by atoms with Crippen LogP contribution in [0.1, 0.15) is 40.4 Å². The van der Waals surface area contributed by atoms with Crippen molar-refractivity contribution < 1.29 is 14.3 Å². The molecule has 0 radical (unpaired) electrons. The first-order chi connectivity index (χ1) is 14.4. The number of carbonyl (C=O) groups is 2. The monoisotopic (exact) mass is 407 g/mol. The van der Waals surface area contributed by atoms with E-state index < -0.39 is 5.97 Å². The third-order valence-corrected chi connectivity index (χ3v) is 5.01. The lowest BCUT2D eigenvalue weighted by Gasteiger charge is -2.07. The van der Waals surface area contributed by atoms with Crippen LogP contribution in [0.15, 0.2) is 47.8 Å². The Balaban J connectivity index is 1.51. The normalized spacial score (nSPS) is 10.9. The van der Waals surface area contributed by atoms with E-state index in [9.17, 15) is 14.4 Å². The van der Waals surface area contributed by atoms with Gasteiger partial charge in [0.05, 0.1) is 10.9 Å². The van der Waals surface area contributed by atoms with Crippen LogP contribution in [0.5, 0.6) is 0 Å². The number of nitrogens with one attached hydrogen (secondary N) is 1. The minimum Gasteiger partial charge on any atom is -0.457 e. The number of Topliss-reactive ketones (excluding diaryl/α,β-unsaturated/α-hetero) is 1. The van der Waals surface area contributed by atoms with Gasteiger partial charge in [0.25, 0.3) is 5.56 Å². The minimum absolute atomic E-state index is 0.138. The molecule has 30 heavy (non-hydrogen) atoms. The van der Waals surface area contributed by atoms with Crippen molar-refractivity contribution in [1.29, 1.82) is 0 Å². The number of hydrogen-bond donors (Lipinski definition) is 1. The van der Waals surface area contributed by atoms with Gasteiger partial charge in [-0.05, 0) is 38.5 Å². The van der Waals surface area contributed by atoms with Crippen LogP contribution in [0, 0.1) is 13.8 Å². The lowest BCUT2D eigenvalue weighted by molar-refractivity contribution is -0.142. The van der Waals surface area contributed by atoms with E-state index in [1.165, 1.54) is 0 Å². The number of aryl methyl sites for hydroxylation is 2. The fourth-order valence-corrected chi connectivity index (χ4v) is 3.44. The molecule has 0 aliphatic rings. The standard InChI is InChI=1S/C23H25N3O4/c1-4-12-26-15(2)13-18(16(26)3)20(27)14-30-22(28)11-7-10-21-24-19-9-6-5-8-17(19)23(29)25-21/h4-6,8-9,13H,1,7,10-12,14H2,2-3H3,(H,24,25,29). The molecule has 0 fully saturated rings. The summed E-state index contributed by atoms with van der Waals surface area (Å²) in [5, 5.41) is 0.534. The summed E-state index contributed by atoms with van der Waals surface area (Å²) in [6.07, 6.45) is 2.80. The highest BCUT2D eigenvalue weighted by Gasteiger charge is 2.17. The van der Waals surface area contributed by atoms with Crippen LogP contribution >= 0.6 is 0 Å². The highest BCUT2D eigenvalue weighted by Crippen LogP contribution is 2.16. The molecule has 3 aromatic rings. The fourth-order valence-electron chi connectivity index (χ4n) is 3.44. The van der Waals surface area contributed by atoms with Gasteiger partial charge in [0.15, 0.2) is 6.61 Å². The second kappa shape index (κ2) is 9.35. The molecule has 2 aromatic heterocycles. The van der Waals surface area contributed by atoms with Gasteiger partial charge in [-0.2, -0.15) is 0 Å². The Hall–Kier alpha value is -3.48. The number of aromatic amines is 1. The zero-order valence-corrected chi connectivity index (χ0v) is 17.2. The molecule has 0 atom stereocenters. The predicted molar refractivity (Wildman–Crippen MR) is 115 cm³/mol. The number of esters is 1. The van der Waals surface area contributed by atoms with Crippen molar-refractivity contribution in [2.75, 3.05) is 6.61 Å². The first-order valence-corrected chi connectivity index (χ1v) is 9.85. The predicted octanol–water partition coefficient (Wildman–Crippen LogP) is 3.28. The number of benzene rings is 1. The van der Waals surface area contributed by atoms with Crippen LogP contribution in [-0.4, -0.2) is 32.9 Å². The van der Waals surface area contributed by atoms with Gasteiger partial charge in [-0.3, -0.25) is 14.4 Å². The molecule has 0 saturated carbocycles. The van der Waals surface area contributed by atoms with Crippen LogP contribution < -0.4 is 5.56 Å². The molecule has 1 aromatic carbocycles. The Bertz CT molecular complexity index is 1160. The van der Waals surface area contributed by atoms with Crippen LogP contribution in [0.3, 0.4) is 0 Å². The summed E-state index contributed by atoms with van der Waals surface area (Å²) in [5.41, 5.74) is 2.77. The maximum Gasteiger partial charge on any atom is 0.306 e. The minimum atomic E-state index is -0.452. The van der Waals surface area contributed by atoms with Gasteiger partial charge in [0.2, 0.25) is 5.78 Å². The van der Waals surface area contributed by atoms with Crippen molar-refractivity contribution in [3.63, 3.8) is 0 Å². The zero-order chi connectivity index (χ0) is 21.7. The fraction of sp³-hybridized carbons (Fsp3) is 0.304. The number of para-hydroxylation sites is 1. The Morgan fingerprint density at radius 1 is 1.27 bits per heavy atom. The van der Waals surface area contributed by atoms with Crippen LogP contribution in [0.25, 0.3) is 10.9 Å². The van der Waals surface area contributed by atoms with Crippen molar-refractivity contribution in [3.05, 3.63) is 76.1 Å². The third kappa shape index (κ3) is 4.74. The van der Waals surface area contributed by atoms with E-state index in [2.05, 4.69) is 16.5 Å². The molecule has 0 aliphatic carbocycles. The number of ether oxygens (including phenoxy) is 1. The SMILES string of the molecule is C=CCn1c(C)cc(C(=O)COC(=O)CCCc2nc3ccccc3c(=O)[nH]2)c1C. The summed E-state index contributed by atoms with van der Waals surface area (Å²) in [5.74, 6) is -0.157. The summed E-state index contributed by atoms with van der Waals surface area (Å²) in [6.45, 7) is 7.84. The summed E-state index contributed by atoms with van der Waals surface area (Å²) in [4.78, 5) is 43.7. The van der Waals surface area contributed by atoms with Gasteiger partial charge < -0.3 is 14.3 Å². The average Bonchev–Trinajstić information content (AvgIpc) is 3.01. The van der Waals surface area contributed by atoms with E-state index in [1.807, 2.05) is 24.5 Å². The van der Waals surface area contributed by atoms with E-state index in [1.54, 1.807) is 30.3 Å². The van der Waals surface area contributed by atoms with Crippen LogP contribution in [0.2, 0.25) is 0 Å². The molecule has 0 unspecified atom stereocenters. The summed E-state index contributed by atoms with van der Waals surface area (Å²) in [6, 6.07) is 8.90. The molecule has 0 aliphatic heterocycles. The van der Waals surface area contributed by atoms with Gasteiger partial charge >= 0.3 is 5.97 Å². The first kappa shape index (κ1) is 21.2. The largest absolute Gasteiger partial charge is 0.457 e. The first-order valence-electron chi connectivity index (χ1n) is 9.85. The van der Waals surface area contributed by atoms with Gasteiger partial charge in [-0.25, -0.2) is 4.98 Å². The molecule has 0 bridgehead atoms. The van der Waals surface area contributed by atoms with Crippen LogP contribution in [0.4, 0.5) is 0 Å². The molecule has 0 spiro atoms. The summed E-state index contributed by atoms with van der Waals surface area (Å²) < 4.78 is 7.13. The Morgan fingerprint density at radius 2 is 2.03 bits per heavy atom. The molecular formula is C23H25N3O4. The smallest absolute Gasteiger partial charge is 0.306 e. The van der Waals surface area contributed by atoms with Gasteiger partial charge in [0.1, 0.15) is 5.82 Å². The molecule has 0 amide bonds. The van der Waals surface area contributed by atoms with Crippen molar-refractivity contribution in [3.8, 4) is 0 Å². The van der Waals surface area contributed by atoms with Crippen LogP contribution in [-0.2, 0) is 22.5 Å². The van der Waals surface area contributed by atoms with Gasteiger partial charge in [-0.15, -0.1) is 6.58 Å². The second-order valence-electron chi connectivity index (χ2n) is 7.15. The quantitative estimate of drug-likeness (QED) is 0.334. The molecule has 0 saturated heterocycles. The highest BCUT2D eigenvalue weighted by atomic mass is 16.5. The van der Waals surface area contributed by atoms with Crippen molar-refractivity contribution in [1.82, 2.24) is 14.5 Å². The lowest BCUT2D eigenvalue weighted by atomic mass is 10.1. The number of H-pyrrole nitrogens is 1. The number of rotatable bonds is 9. The molecule has 3 rings (SSSR count). The molecule has 7 heteroatoms. The number of nitrogens with zero attached hydrogens (tertiary/aromatic N) is 2. The van der Waals surface area contributed by atoms with Crippen molar-refractivity contribution >= 4 is 22.7 Å². The Labute approximate surface area is 174 Å². The lowest BCUT2D eigenvalue weighted by Crippen LogP contribution is -2.15.